The molecular formula is C12H25BN4O4S. The SMILES string of the molecule is N[C@H]1CN(S(=O)(=O)N2CC3(CCN3)C2)C[C@@H]1CCCB(O)O. The molecule has 0 aromatic heterocycles. The van der Waals surface area contributed by atoms with E-state index in [4.69, 9.17) is 15.8 Å². The van der Waals surface area contributed by atoms with Crippen LogP contribution in [0.1, 0.15) is 19.3 Å². The van der Waals surface area contributed by atoms with Crippen molar-refractivity contribution >= 4 is 17.3 Å². The second-order valence-corrected chi connectivity index (χ2v) is 8.81. The molecule has 0 amide bonds. The van der Waals surface area contributed by atoms with Crippen molar-refractivity contribution in [2.75, 3.05) is 32.7 Å². The molecular weight excluding hydrogens is 307 g/mol. The summed E-state index contributed by atoms with van der Waals surface area (Å²) < 4.78 is 28.2. The number of nitrogens with zero attached hydrogens (tertiary/aromatic N) is 2. The van der Waals surface area contributed by atoms with Crippen LogP contribution in [0.5, 0.6) is 0 Å². The highest BCUT2D eigenvalue weighted by Crippen LogP contribution is 2.34. The Bertz CT molecular complexity index is 505. The standard InChI is InChI=1S/C12H25BN4O4S/c14-11-7-16(6-10(11)2-1-4-13(18)19)22(20,21)17-8-12(9-17)3-5-15-12/h10-11,15,18-19H,1-9,14H2/t10-,11-/m0/s1. The van der Waals surface area contributed by atoms with E-state index in [0.717, 1.165) is 19.4 Å². The van der Waals surface area contributed by atoms with Gasteiger partial charge in [-0.2, -0.15) is 17.0 Å². The normalized spacial score (nSPS) is 32.0. The van der Waals surface area contributed by atoms with Crippen molar-refractivity contribution in [1.82, 2.24) is 13.9 Å². The van der Waals surface area contributed by atoms with Crippen molar-refractivity contribution in [3.05, 3.63) is 0 Å². The van der Waals surface area contributed by atoms with Gasteiger partial charge in [-0.25, -0.2) is 0 Å². The van der Waals surface area contributed by atoms with Crippen molar-refractivity contribution in [1.29, 1.82) is 0 Å². The van der Waals surface area contributed by atoms with Gasteiger partial charge in [-0.15, -0.1) is 0 Å². The Kier molecular flexibility index (Phi) is 4.54. The van der Waals surface area contributed by atoms with Crippen LogP contribution in [-0.4, -0.2) is 78.5 Å². The maximum atomic E-state index is 12.6. The summed E-state index contributed by atoms with van der Waals surface area (Å²) in [5, 5.41) is 21.0. The minimum absolute atomic E-state index is 0.0333. The van der Waals surface area contributed by atoms with Gasteiger partial charge in [-0.3, -0.25) is 0 Å². The minimum Gasteiger partial charge on any atom is -0.427 e. The zero-order valence-electron chi connectivity index (χ0n) is 12.7. The molecule has 0 saturated carbocycles. The van der Waals surface area contributed by atoms with Gasteiger partial charge in [0.25, 0.3) is 10.2 Å². The molecule has 3 aliphatic rings. The summed E-state index contributed by atoms with van der Waals surface area (Å²) in [6.45, 7) is 2.87. The maximum Gasteiger partial charge on any atom is 0.451 e. The van der Waals surface area contributed by atoms with Crippen molar-refractivity contribution in [2.45, 2.75) is 37.2 Å². The van der Waals surface area contributed by atoms with Crippen molar-refractivity contribution < 1.29 is 18.5 Å². The van der Waals surface area contributed by atoms with E-state index >= 15 is 0 Å². The third-order valence-corrected chi connectivity index (χ3v) is 7.07. The van der Waals surface area contributed by atoms with E-state index < -0.39 is 17.3 Å². The lowest BCUT2D eigenvalue weighted by Crippen LogP contribution is -2.77. The Hall–Kier alpha value is -0.225. The van der Waals surface area contributed by atoms with E-state index in [-0.39, 0.29) is 17.5 Å². The molecule has 22 heavy (non-hydrogen) atoms. The van der Waals surface area contributed by atoms with E-state index in [1.54, 1.807) is 0 Å². The summed E-state index contributed by atoms with van der Waals surface area (Å²) in [5.74, 6) is 0.0885. The Balaban J connectivity index is 1.52. The second kappa shape index (κ2) is 6.01. The summed E-state index contributed by atoms with van der Waals surface area (Å²) in [4.78, 5) is 0. The molecule has 3 heterocycles. The average Bonchev–Trinajstić information content (AvgIpc) is 2.67. The molecule has 0 aromatic carbocycles. The molecule has 3 saturated heterocycles. The second-order valence-electron chi connectivity index (χ2n) is 6.89. The van der Waals surface area contributed by atoms with Crippen LogP contribution in [0.25, 0.3) is 0 Å². The van der Waals surface area contributed by atoms with Crippen molar-refractivity contribution in [3.8, 4) is 0 Å². The van der Waals surface area contributed by atoms with E-state index in [1.165, 1.54) is 8.61 Å². The first kappa shape index (κ1) is 16.6. The van der Waals surface area contributed by atoms with Crippen LogP contribution >= 0.6 is 0 Å². The lowest BCUT2D eigenvalue weighted by molar-refractivity contribution is 0.0491. The minimum atomic E-state index is -3.41. The molecule has 2 atom stereocenters. The molecule has 0 radical (unpaired) electrons. The fraction of sp³-hybridized carbons (Fsp3) is 1.00. The Labute approximate surface area is 132 Å². The molecule has 3 aliphatic heterocycles. The predicted molar refractivity (Wildman–Crippen MR) is 83.1 cm³/mol. The van der Waals surface area contributed by atoms with Gasteiger partial charge in [0.05, 0.1) is 0 Å². The van der Waals surface area contributed by atoms with E-state index in [2.05, 4.69) is 5.32 Å². The number of nitrogens with one attached hydrogen (secondary N) is 1. The molecule has 0 aliphatic carbocycles. The Morgan fingerprint density at radius 2 is 1.95 bits per heavy atom. The van der Waals surface area contributed by atoms with Gasteiger partial charge in [0.2, 0.25) is 0 Å². The van der Waals surface area contributed by atoms with Crippen LogP contribution in [0, 0.1) is 5.92 Å². The quantitative estimate of drug-likeness (QED) is 0.410. The summed E-state index contributed by atoms with van der Waals surface area (Å²) >= 11 is 0. The number of hydrogen-bond donors (Lipinski definition) is 4. The largest absolute Gasteiger partial charge is 0.451 e. The zero-order valence-corrected chi connectivity index (χ0v) is 13.5. The highest BCUT2D eigenvalue weighted by Gasteiger charge is 2.53. The fourth-order valence-electron chi connectivity index (χ4n) is 3.62. The van der Waals surface area contributed by atoms with Gasteiger partial charge < -0.3 is 21.1 Å². The van der Waals surface area contributed by atoms with Gasteiger partial charge in [0.15, 0.2) is 0 Å². The first-order valence-corrected chi connectivity index (χ1v) is 9.34. The monoisotopic (exact) mass is 332 g/mol. The van der Waals surface area contributed by atoms with Crippen LogP contribution < -0.4 is 11.1 Å². The highest BCUT2D eigenvalue weighted by molar-refractivity contribution is 7.86. The lowest BCUT2D eigenvalue weighted by atomic mass is 9.82. The van der Waals surface area contributed by atoms with Crippen LogP contribution in [-0.2, 0) is 10.2 Å². The average molecular weight is 332 g/mol. The Morgan fingerprint density at radius 1 is 1.27 bits per heavy atom. The summed E-state index contributed by atoms with van der Waals surface area (Å²) in [6, 6.07) is -0.178. The number of hydrogen-bond acceptors (Lipinski definition) is 6. The van der Waals surface area contributed by atoms with E-state index in [1.807, 2.05) is 0 Å². The van der Waals surface area contributed by atoms with Crippen molar-refractivity contribution in [3.63, 3.8) is 0 Å². The number of nitrogens with two attached hydrogens (primary N) is 1. The van der Waals surface area contributed by atoms with Crippen LogP contribution in [0.2, 0.25) is 6.32 Å². The van der Waals surface area contributed by atoms with Crippen molar-refractivity contribution in [2.24, 2.45) is 11.7 Å². The predicted octanol–water partition coefficient (Wildman–Crippen LogP) is -2.21. The smallest absolute Gasteiger partial charge is 0.427 e. The lowest BCUT2D eigenvalue weighted by Gasteiger charge is -2.55. The summed E-state index contributed by atoms with van der Waals surface area (Å²) in [6.07, 6.45) is 2.71. The molecule has 8 nitrogen and oxygen atoms in total. The molecule has 126 valence electrons. The third-order valence-electron chi connectivity index (χ3n) is 5.21. The zero-order chi connectivity index (χ0) is 16.0. The van der Waals surface area contributed by atoms with Gasteiger partial charge >= 0.3 is 7.12 Å². The van der Waals surface area contributed by atoms with Crippen LogP contribution in [0.3, 0.4) is 0 Å². The maximum absolute atomic E-state index is 12.6. The molecule has 10 heteroatoms. The molecule has 0 bridgehead atoms. The molecule has 0 unspecified atom stereocenters. The Morgan fingerprint density at radius 3 is 2.50 bits per heavy atom. The van der Waals surface area contributed by atoms with E-state index in [0.29, 0.717) is 38.9 Å². The molecule has 3 fully saturated rings. The fourth-order valence-corrected chi connectivity index (χ4v) is 5.50. The van der Waals surface area contributed by atoms with Gasteiger partial charge in [-0.1, -0.05) is 6.42 Å². The first-order valence-electron chi connectivity index (χ1n) is 7.94. The van der Waals surface area contributed by atoms with E-state index in [9.17, 15) is 8.42 Å². The topological polar surface area (TPSA) is 119 Å². The first-order chi connectivity index (χ1) is 10.3. The summed E-state index contributed by atoms with van der Waals surface area (Å²) in [7, 11) is -4.71. The van der Waals surface area contributed by atoms with Gasteiger partial charge in [0.1, 0.15) is 0 Å². The van der Waals surface area contributed by atoms with Gasteiger partial charge in [-0.05, 0) is 31.6 Å². The molecule has 1 spiro atoms. The van der Waals surface area contributed by atoms with Gasteiger partial charge in [0, 0.05) is 37.8 Å². The third kappa shape index (κ3) is 3.05. The highest BCUT2D eigenvalue weighted by atomic mass is 32.2. The molecule has 3 rings (SSSR count). The molecule has 0 aromatic rings. The number of rotatable bonds is 6. The molecule has 5 N–H and O–H groups in total. The van der Waals surface area contributed by atoms with Crippen LogP contribution in [0.4, 0.5) is 0 Å². The van der Waals surface area contributed by atoms with Crippen LogP contribution in [0.15, 0.2) is 0 Å². The summed E-state index contributed by atoms with van der Waals surface area (Å²) in [5.41, 5.74) is 6.10.